The summed E-state index contributed by atoms with van der Waals surface area (Å²) in [5.74, 6) is 0.645. The van der Waals surface area contributed by atoms with Gasteiger partial charge >= 0.3 is 6.03 Å². The molecule has 0 unspecified atom stereocenters. The van der Waals surface area contributed by atoms with Crippen LogP contribution < -0.4 is 15.4 Å². The van der Waals surface area contributed by atoms with Gasteiger partial charge in [-0.2, -0.15) is 0 Å². The summed E-state index contributed by atoms with van der Waals surface area (Å²) in [7, 11) is 1.58. The first-order valence-electron chi connectivity index (χ1n) is 5.94. The van der Waals surface area contributed by atoms with E-state index in [9.17, 15) is 4.79 Å². The molecule has 0 aliphatic rings. The third-order valence-electron chi connectivity index (χ3n) is 2.61. The summed E-state index contributed by atoms with van der Waals surface area (Å²) in [6, 6.07) is 5.36. The molecule has 0 aliphatic carbocycles. The molecule has 2 amide bonds. The first-order chi connectivity index (χ1) is 8.56. The van der Waals surface area contributed by atoms with Gasteiger partial charge in [-0.3, -0.25) is 0 Å². The highest BCUT2D eigenvalue weighted by atomic mass is 16.5. The highest BCUT2D eigenvalue weighted by Crippen LogP contribution is 2.24. The van der Waals surface area contributed by atoms with E-state index in [2.05, 4.69) is 10.6 Å². The van der Waals surface area contributed by atoms with Crippen LogP contribution in [-0.2, 0) is 0 Å². The molecule has 0 aromatic heterocycles. The molecule has 0 radical (unpaired) electrons. The Morgan fingerprint density at radius 3 is 2.78 bits per heavy atom. The largest absolute Gasteiger partial charge is 0.495 e. The standard InChI is InChI=1S/C14H20N2O2/c1-5-10(2)9-15-14(17)16-12-8-11(3)6-7-13(12)18-4/h6-9H,5H2,1-4H3,(H2,15,16,17)/b10-9+. The van der Waals surface area contributed by atoms with Gasteiger partial charge in [0.05, 0.1) is 12.8 Å². The highest BCUT2D eigenvalue weighted by molar-refractivity contribution is 5.91. The van der Waals surface area contributed by atoms with Crippen LogP contribution in [0.4, 0.5) is 10.5 Å². The van der Waals surface area contributed by atoms with E-state index >= 15 is 0 Å². The second-order valence-corrected chi connectivity index (χ2v) is 4.15. The van der Waals surface area contributed by atoms with Crippen LogP contribution >= 0.6 is 0 Å². The third kappa shape index (κ3) is 4.13. The molecular weight excluding hydrogens is 228 g/mol. The number of allylic oxidation sites excluding steroid dienone is 1. The lowest BCUT2D eigenvalue weighted by atomic mass is 10.2. The lowest BCUT2D eigenvalue weighted by molar-refractivity contribution is 0.255. The minimum absolute atomic E-state index is 0.272. The maximum Gasteiger partial charge on any atom is 0.323 e. The van der Waals surface area contributed by atoms with Crippen molar-refractivity contribution in [1.29, 1.82) is 0 Å². The van der Waals surface area contributed by atoms with Crippen molar-refractivity contribution in [3.63, 3.8) is 0 Å². The number of methoxy groups -OCH3 is 1. The Kier molecular flexibility index (Phi) is 5.24. The predicted molar refractivity (Wildman–Crippen MR) is 73.9 cm³/mol. The average molecular weight is 248 g/mol. The third-order valence-corrected chi connectivity index (χ3v) is 2.61. The van der Waals surface area contributed by atoms with Gasteiger partial charge in [0.1, 0.15) is 5.75 Å². The van der Waals surface area contributed by atoms with Gasteiger partial charge in [0, 0.05) is 6.20 Å². The fraction of sp³-hybridized carbons (Fsp3) is 0.357. The quantitative estimate of drug-likeness (QED) is 0.857. The molecule has 0 bridgehead atoms. The van der Waals surface area contributed by atoms with Crippen LogP contribution in [0.25, 0.3) is 0 Å². The van der Waals surface area contributed by atoms with Gasteiger partial charge in [0.15, 0.2) is 0 Å². The van der Waals surface area contributed by atoms with Crippen LogP contribution in [0.1, 0.15) is 25.8 Å². The summed E-state index contributed by atoms with van der Waals surface area (Å²) < 4.78 is 5.19. The molecule has 1 aromatic rings. The smallest absolute Gasteiger partial charge is 0.323 e. The van der Waals surface area contributed by atoms with Crippen molar-refractivity contribution in [2.75, 3.05) is 12.4 Å². The van der Waals surface area contributed by atoms with E-state index < -0.39 is 0 Å². The molecule has 0 spiro atoms. The second kappa shape index (κ2) is 6.69. The number of ether oxygens (including phenoxy) is 1. The Hall–Kier alpha value is -1.97. The molecule has 2 N–H and O–H groups in total. The summed E-state index contributed by atoms with van der Waals surface area (Å²) >= 11 is 0. The topological polar surface area (TPSA) is 50.4 Å². The first kappa shape index (κ1) is 14.1. The Bertz CT molecular complexity index is 453. The van der Waals surface area contributed by atoms with Crippen molar-refractivity contribution in [2.24, 2.45) is 0 Å². The summed E-state index contributed by atoms with van der Waals surface area (Å²) in [5, 5.41) is 5.45. The Morgan fingerprint density at radius 2 is 2.17 bits per heavy atom. The molecule has 0 atom stereocenters. The zero-order valence-electron chi connectivity index (χ0n) is 11.3. The van der Waals surface area contributed by atoms with Gasteiger partial charge in [0.2, 0.25) is 0 Å². The molecule has 0 fully saturated rings. The molecular formula is C14H20N2O2. The fourth-order valence-electron chi connectivity index (χ4n) is 1.37. The van der Waals surface area contributed by atoms with E-state index in [0.717, 1.165) is 17.6 Å². The maximum atomic E-state index is 11.7. The van der Waals surface area contributed by atoms with Crippen molar-refractivity contribution in [1.82, 2.24) is 5.32 Å². The maximum absolute atomic E-state index is 11.7. The molecule has 0 aliphatic heterocycles. The molecule has 98 valence electrons. The van der Waals surface area contributed by atoms with Crippen LogP contribution in [0.15, 0.2) is 30.0 Å². The molecule has 1 rings (SSSR count). The van der Waals surface area contributed by atoms with E-state index in [1.165, 1.54) is 0 Å². The lowest BCUT2D eigenvalue weighted by Gasteiger charge is -2.10. The van der Waals surface area contributed by atoms with Gasteiger partial charge < -0.3 is 15.4 Å². The van der Waals surface area contributed by atoms with Gasteiger partial charge in [0.25, 0.3) is 0 Å². The Balaban J connectivity index is 2.72. The molecule has 18 heavy (non-hydrogen) atoms. The number of hydrogen-bond donors (Lipinski definition) is 2. The number of benzene rings is 1. The Labute approximate surface area is 108 Å². The monoisotopic (exact) mass is 248 g/mol. The van der Waals surface area contributed by atoms with Crippen molar-refractivity contribution < 1.29 is 9.53 Å². The molecule has 4 heteroatoms. The van der Waals surface area contributed by atoms with E-state index in [1.54, 1.807) is 13.3 Å². The first-order valence-corrected chi connectivity index (χ1v) is 5.94. The number of aryl methyl sites for hydroxylation is 1. The molecule has 0 saturated carbocycles. The van der Waals surface area contributed by atoms with Crippen molar-refractivity contribution >= 4 is 11.7 Å². The van der Waals surface area contributed by atoms with Crippen LogP contribution in [0, 0.1) is 6.92 Å². The second-order valence-electron chi connectivity index (χ2n) is 4.15. The van der Waals surface area contributed by atoms with Crippen LogP contribution in [0.3, 0.4) is 0 Å². The van der Waals surface area contributed by atoms with Crippen LogP contribution in [0.5, 0.6) is 5.75 Å². The van der Waals surface area contributed by atoms with E-state index in [4.69, 9.17) is 4.74 Å². The number of carbonyl (C=O) groups excluding carboxylic acids is 1. The van der Waals surface area contributed by atoms with Crippen molar-refractivity contribution in [3.05, 3.63) is 35.5 Å². The number of nitrogens with one attached hydrogen (secondary N) is 2. The summed E-state index contributed by atoms with van der Waals surface area (Å²) in [4.78, 5) is 11.7. The normalized spacial score (nSPS) is 11.0. The van der Waals surface area contributed by atoms with Gasteiger partial charge in [-0.25, -0.2) is 4.79 Å². The van der Waals surface area contributed by atoms with Crippen LogP contribution in [0.2, 0.25) is 0 Å². The summed E-state index contributed by atoms with van der Waals surface area (Å²) in [5.41, 5.74) is 2.84. The zero-order valence-corrected chi connectivity index (χ0v) is 11.3. The number of amides is 2. The lowest BCUT2D eigenvalue weighted by Crippen LogP contribution is -2.24. The SMILES string of the molecule is CC/C(C)=C/NC(=O)Nc1cc(C)ccc1OC. The number of urea groups is 1. The van der Waals surface area contributed by atoms with Crippen LogP contribution in [-0.4, -0.2) is 13.1 Å². The minimum atomic E-state index is -0.272. The number of hydrogen-bond acceptors (Lipinski definition) is 2. The number of rotatable bonds is 4. The zero-order chi connectivity index (χ0) is 13.5. The Morgan fingerprint density at radius 1 is 1.44 bits per heavy atom. The predicted octanol–water partition coefficient (Wildman–Crippen LogP) is 3.44. The fourth-order valence-corrected chi connectivity index (χ4v) is 1.37. The highest BCUT2D eigenvalue weighted by Gasteiger charge is 2.06. The average Bonchev–Trinajstić information content (AvgIpc) is 2.36. The minimum Gasteiger partial charge on any atom is -0.495 e. The van der Waals surface area contributed by atoms with E-state index in [0.29, 0.717) is 11.4 Å². The van der Waals surface area contributed by atoms with E-state index in [-0.39, 0.29) is 6.03 Å². The molecule has 0 saturated heterocycles. The molecule has 0 heterocycles. The summed E-state index contributed by atoms with van der Waals surface area (Å²) in [6.45, 7) is 5.96. The van der Waals surface area contributed by atoms with Crippen molar-refractivity contribution in [3.8, 4) is 5.75 Å². The van der Waals surface area contributed by atoms with Gasteiger partial charge in [-0.1, -0.05) is 18.6 Å². The van der Waals surface area contributed by atoms with Gasteiger partial charge in [-0.15, -0.1) is 0 Å². The number of carbonyl (C=O) groups is 1. The van der Waals surface area contributed by atoms with E-state index in [1.807, 2.05) is 39.0 Å². The molecule has 4 nitrogen and oxygen atoms in total. The number of anilines is 1. The summed E-state index contributed by atoms with van der Waals surface area (Å²) in [6.07, 6.45) is 2.62. The molecule has 1 aromatic carbocycles. The van der Waals surface area contributed by atoms with Crippen molar-refractivity contribution in [2.45, 2.75) is 27.2 Å². The van der Waals surface area contributed by atoms with Gasteiger partial charge in [-0.05, 0) is 38.0 Å².